The standard InChI is InChI=1S/C19H20FN3O3S/c1-3-19(2)17(25)23(18(26)21-19)12-16(24)22(11-15-5-4-10-27-15)14-8-6-13(20)7-9-14/h4-10H,3,11-12H2,1-2H3,(H,21,26)/t19-/m0/s1. The number of hydrogen-bond acceptors (Lipinski definition) is 4. The molecule has 27 heavy (non-hydrogen) atoms. The Labute approximate surface area is 160 Å². The summed E-state index contributed by atoms with van der Waals surface area (Å²) in [6.45, 7) is 3.34. The highest BCUT2D eigenvalue weighted by Gasteiger charge is 2.47. The van der Waals surface area contributed by atoms with Crippen LogP contribution in [0.2, 0.25) is 0 Å². The van der Waals surface area contributed by atoms with Gasteiger partial charge in [0, 0.05) is 10.6 Å². The van der Waals surface area contributed by atoms with E-state index in [1.807, 2.05) is 17.5 Å². The van der Waals surface area contributed by atoms with Gasteiger partial charge in [0.25, 0.3) is 5.91 Å². The molecule has 1 N–H and O–H groups in total. The maximum absolute atomic E-state index is 13.3. The average molecular weight is 389 g/mol. The Kier molecular flexibility index (Phi) is 5.27. The Balaban J connectivity index is 1.84. The van der Waals surface area contributed by atoms with Crippen LogP contribution in [0.1, 0.15) is 25.1 Å². The molecule has 1 saturated heterocycles. The van der Waals surface area contributed by atoms with Crippen LogP contribution >= 0.6 is 11.3 Å². The lowest BCUT2D eigenvalue weighted by Gasteiger charge is -2.25. The van der Waals surface area contributed by atoms with Gasteiger partial charge in [0.05, 0.1) is 6.54 Å². The van der Waals surface area contributed by atoms with Crippen molar-refractivity contribution >= 4 is 34.9 Å². The second kappa shape index (κ2) is 7.48. The number of rotatable bonds is 6. The van der Waals surface area contributed by atoms with Crippen LogP contribution in [0.4, 0.5) is 14.9 Å². The average Bonchev–Trinajstić information content (AvgIpc) is 3.23. The van der Waals surface area contributed by atoms with Gasteiger partial charge in [-0.2, -0.15) is 0 Å². The molecular formula is C19H20FN3O3S. The summed E-state index contributed by atoms with van der Waals surface area (Å²) >= 11 is 1.49. The first-order chi connectivity index (χ1) is 12.8. The maximum atomic E-state index is 13.3. The molecule has 1 aliphatic rings. The number of halogens is 1. The van der Waals surface area contributed by atoms with E-state index >= 15 is 0 Å². The van der Waals surface area contributed by atoms with Gasteiger partial charge in [-0.05, 0) is 49.1 Å². The number of amides is 4. The van der Waals surface area contributed by atoms with Crippen molar-refractivity contribution in [3.8, 4) is 0 Å². The molecule has 0 radical (unpaired) electrons. The van der Waals surface area contributed by atoms with Gasteiger partial charge in [-0.3, -0.25) is 14.5 Å². The summed E-state index contributed by atoms with van der Waals surface area (Å²) in [5, 5.41) is 4.53. The molecule has 1 fully saturated rings. The Hall–Kier alpha value is -2.74. The van der Waals surface area contributed by atoms with Gasteiger partial charge in [0.1, 0.15) is 17.9 Å². The third-order valence-corrected chi connectivity index (χ3v) is 5.54. The summed E-state index contributed by atoms with van der Waals surface area (Å²) in [5.41, 5.74) is -0.494. The lowest BCUT2D eigenvalue weighted by molar-refractivity contribution is -0.134. The summed E-state index contributed by atoms with van der Waals surface area (Å²) in [5.74, 6) is -1.24. The summed E-state index contributed by atoms with van der Waals surface area (Å²) < 4.78 is 13.3. The molecular weight excluding hydrogens is 369 g/mol. The number of thiophene rings is 1. The van der Waals surface area contributed by atoms with Crippen molar-refractivity contribution in [1.29, 1.82) is 0 Å². The minimum absolute atomic E-state index is 0.275. The van der Waals surface area contributed by atoms with Gasteiger partial charge in [-0.25, -0.2) is 9.18 Å². The van der Waals surface area contributed by atoms with E-state index in [4.69, 9.17) is 0 Å². The van der Waals surface area contributed by atoms with Crippen molar-refractivity contribution in [2.75, 3.05) is 11.4 Å². The number of nitrogens with zero attached hydrogens (tertiary/aromatic N) is 2. The molecule has 1 aromatic carbocycles. The van der Waals surface area contributed by atoms with E-state index in [0.29, 0.717) is 12.1 Å². The zero-order valence-corrected chi connectivity index (χ0v) is 15.9. The Morgan fingerprint density at radius 1 is 1.26 bits per heavy atom. The number of carbonyl (C=O) groups is 3. The van der Waals surface area contributed by atoms with Crippen LogP contribution in [0, 0.1) is 5.82 Å². The fourth-order valence-corrected chi connectivity index (χ4v) is 3.55. The van der Waals surface area contributed by atoms with Crippen LogP contribution < -0.4 is 10.2 Å². The lowest BCUT2D eigenvalue weighted by Crippen LogP contribution is -2.45. The third-order valence-electron chi connectivity index (χ3n) is 4.68. The van der Waals surface area contributed by atoms with Crippen LogP contribution in [0.5, 0.6) is 0 Å². The highest BCUT2D eigenvalue weighted by Crippen LogP contribution is 2.24. The van der Waals surface area contributed by atoms with E-state index in [1.165, 1.54) is 40.5 Å². The Morgan fingerprint density at radius 3 is 2.52 bits per heavy atom. The van der Waals surface area contributed by atoms with Crippen molar-refractivity contribution in [2.24, 2.45) is 0 Å². The molecule has 2 heterocycles. The molecule has 3 rings (SSSR count). The number of anilines is 1. The van der Waals surface area contributed by atoms with Gasteiger partial charge >= 0.3 is 6.03 Å². The summed E-state index contributed by atoms with van der Waals surface area (Å²) in [6, 6.07) is 8.73. The minimum atomic E-state index is -0.994. The highest BCUT2D eigenvalue weighted by molar-refractivity contribution is 7.09. The summed E-state index contributed by atoms with van der Waals surface area (Å²) in [4.78, 5) is 41.0. The zero-order chi connectivity index (χ0) is 19.6. The number of imide groups is 1. The molecule has 1 aliphatic heterocycles. The third kappa shape index (κ3) is 3.85. The maximum Gasteiger partial charge on any atom is 0.325 e. The van der Waals surface area contributed by atoms with Crippen molar-refractivity contribution in [1.82, 2.24) is 10.2 Å². The molecule has 0 saturated carbocycles. The van der Waals surface area contributed by atoms with Crippen LogP contribution in [-0.2, 0) is 16.1 Å². The molecule has 4 amide bonds. The molecule has 0 unspecified atom stereocenters. The zero-order valence-electron chi connectivity index (χ0n) is 15.1. The largest absolute Gasteiger partial charge is 0.325 e. The van der Waals surface area contributed by atoms with E-state index < -0.39 is 29.2 Å². The highest BCUT2D eigenvalue weighted by atomic mass is 32.1. The fraction of sp³-hybridized carbons (Fsp3) is 0.316. The van der Waals surface area contributed by atoms with E-state index in [1.54, 1.807) is 13.8 Å². The van der Waals surface area contributed by atoms with Gasteiger partial charge in [0.2, 0.25) is 5.91 Å². The minimum Gasteiger partial charge on any atom is -0.323 e. The van der Waals surface area contributed by atoms with Crippen molar-refractivity contribution in [3.05, 3.63) is 52.5 Å². The quantitative estimate of drug-likeness (QED) is 0.772. The Bertz CT molecular complexity index is 854. The van der Waals surface area contributed by atoms with Gasteiger partial charge < -0.3 is 10.2 Å². The monoisotopic (exact) mass is 389 g/mol. The predicted octanol–water partition coefficient (Wildman–Crippen LogP) is 3.14. The van der Waals surface area contributed by atoms with Crippen LogP contribution in [0.3, 0.4) is 0 Å². The fourth-order valence-electron chi connectivity index (χ4n) is 2.85. The van der Waals surface area contributed by atoms with Gasteiger partial charge in [-0.15, -0.1) is 11.3 Å². The SMILES string of the molecule is CC[C@]1(C)NC(=O)N(CC(=O)N(Cc2cccs2)c2ccc(F)cc2)C1=O. The second-order valence-electron chi connectivity index (χ2n) is 6.54. The lowest BCUT2D eigenvalue weighted by atomic mass is 9.99. The molecule has 0 spiro atoms. The number of carbonyl (C=O) groups excluding carboxylic acids is 3. The summed E-state index contributed by atoms with van der Waals surface area (Å²) in [7, 11) is 0. The molecule has 1 atom stereocenters. The van der Waals surface area contributed by atoms with Gasteiger partial charge in [0.15, 0.2) is 0 Å². The molecule has 0 aliphatic carbocycles. The first-order valence-electron chi connectivity index (χ1n) is 8.56. The number of hydrogen-bond donors (Lipinski definition) is 1. The smallest absolute Gasteiger partial charge is 0.323 e. The van der Waals surface area contributed by atoms with Crippen LogP contribution in [-0.4, -0.2) is 34.8 Å². The van der Waals surface area contributed by atoms with E-state index in [-0.39, 0.29) is 13.1 Å². The summed E-state index contributed by atoms with van der Waals surface area (Å²) in [6.07, 6.45) is 0.430. The van der Waals surface area contributed by atoms with Crippen molar-refractivity contribution < 1.29 is 18.8 Å². The number of nitrogens with one attached hydrogen (secondary N) is 1. The number of urea groups is 1. The van der Waals surface area contributed by atoms with Gasteiger partial charge in [-0.1, -0.05) is 13.0 Å². The van der Waals surface area contributed by atoms with Crippen molar-refractivity contribution in [3.63, 3.8) is 0 Å². The van der Waals surface area contributed by atoms with Crippen LogP contribution in [0.15, 0.2) is 41.8 Å². The predicted molar refractivity (Wildman–Crippen MR) is 101 cm³/mol. The van der Waals surface area contributed by atoms with E-state index in [2.05, 4.69) is 5.32 Å². The topological polar surface area (TPSA) is 69.7 Å². The van der Waals surface area contributed by atoms with Crippen molar-refractivity contribution in [2.45, 2.75) is 32.4 Å². The second-order valence-corrected chi connectivity index (χ2v) is 7.58. The molecule has 2 aromatic rings. The molecule has 8 heteroatoms. The molecule has 0 bridgehead atoms. The molecule has 142 valence electrons. The molecule has 6 nitrogen and oxygen atoms in total. The normalized spacial score (nSPS) is 19.3. The van der Waals surface area contributed by atoms with E-state index in [9.17, 15) is 18.8 Å². The first-order valence-corrected chi connectivity index (χ1v) is 9.44. The van der Waals surface area contributed by atoms with E-state index in [0.717, 1.165) is 9.78 Å². The molecule has 1 aromatic heterocycles. The Morgan fingerprint density at radius 2 is 1.96 bits per heavy atom. The number of benzene rings is 1. The van der Waals surface area contributed by atoms with Crippen LogP contribution in [0.25, 0.3) is 0 Å². The first kappa shape index (κ1) is 19.0.